The largest absolute Gasteiger partial charge is 0.317 e. The van der Waals surface area contributed by atoms with Gasteiger partial charge in [-0.05, 0) is 50.0 Å². The van der Waals surface area contributed by atoms with Crippen molar-refractivity contribution in [3.8, 4) is 0 Å². The Morgan fingerprint density at radius 2 is 1.93 bits per heavy atom. The van der Waals surface area contributed by atoms with Crippen molar-refractivity contribution in [1.29, 1.82) is 0 Å². The zero-order chi connectivity index (χ0) is 10.8. The Kier molecular flexibility index (Phi) is 3.71. The molecule has 0 saturated heterocycles. The van der Waals surface area contributed by atoms with E-state index < -0.39 is 0 Å². The van der Waals surface area contributed by atoms with Crippen LogP contribution in [0.3, 0.4) is 0 Å². The summed E-state index contributed by atoms with van der Waals surface area (Å²) in [6, 6.07) is 0.821. The highest BCUT2D eigenvalue weighted by Gasteiger charge is 2.55. The van der Waals surface area contributed by atoms with E-state index in [1.165, 1.54) is 38.5 Å². The highest BCUT2D eigenvalue weighted by Crippen LogP contribution is 2.59. The molecule has 0 aliphatic heterocycles. The molecule has 2 rings (SSSR count). The van der Waals surface area contributed by atoms with Crippen molar-refractivity contribution in [2.45, 2.75) is 58.4 Å². The van der Waals surface area contributed by atoms with E-state index in [9.17, 15) is 0 Å². The predicted octanol–water partition coefficient (Wildman–Crippen LogP) is 3.45. The summed E-state index contributed by atoms with van der Waals surface area (Å²) in [6.07, 6.45) is 8.70. The first kappa shape index (κ1) is 11.4. The van der Waals surface area contributed by atoms with Crippen molar-refractivity contribution in [2.75, 3.05) is 7.05 Å². The maximum absolute atomic E-state index is 3.58. The van der Waals surface area contributed by atoms with Gasteiger partial charge in [-0.2, -0.15) is 0 Å². The Balaban J connectivity index is 1.78. The molecule has 0 radical (unpaired) electrons. The minimum Gasteiger partial charge on any atom is -0.317 e. The van der Waals surface area contributed by atoms with Crippen LogP contribution in [0, 0.1) is 23.7 Å². The highest BCUT2D eigenvalue weighted by atomic mass is 14.9. The normalized spacial score (nSPS) is 37.4. The van der Waals surface area contributed by atoms with Crippen LogP contribution in [0.15, 0.2) is 0 Å². The molecule has 0 heterocycles. The molecule has 1 N–H and O–H groups in total. The molecule has 0 bridgehead atoms. The van der Waals surface area contributed by atoms with Crippen LogP contribution >= 0.6 is 0 Å². The van der Waals surface area contributed by atoms with E-state index in [2.05, 4.69) is 26.2 Å². The number of hydrogen-bond acceptors (Lipinski definition) is 1. The smallest absolute Gasteiger partial charge is 0.0100 e. The second-order valence-corrected chi connectivity index (χ2v) is 5.86. The fourth-order valence-electron chi connectivity index (χ4n) is 3.99. The molecule has 2 saturated carbocycles. The fraction of sp³-hybridized carbons (Fsp3) is 1.00. The molecule has 15 heavy (non-hydrogen) atoms. The molecule has 0 amide bonds. The summed E-state index contributed by atoms with van der Waals surface area (Å²) in [7, 11) is 2.16. The lowest BCUT2D eigenvalue weighted by Crippen LogP contribution is -2.31. The summed E-state index contributed by atoms with van der Waals surface area (Å²) in [5, 5.41) is 3.58. The Morgan fingerprint density at radius 3 is 2.47 bits per heavy atom. The maximum atomic E-state index is 3.58. The summed E-state index contributed by atoms with van der Waals surface area (Å²) in [6.45, 7) is 4.72. The Hall–Kier alpha value is -0.0400. The van der Waals surface area contributed by atoms with Gasteiger partial charge in [-0.3, -0.25) is 0 Å². The first-order chi connectivity index (χ1) is 7.27. The predicted molar refractivity (Wildman–Crippen MR) is 65.9 cm³/mol. The van der Waals surface area contributed by atoms with Gasteiger partial charge in [-0.1, -0.05) is 33.1 Å². The van der Waals surface area contributed by atoms with Crippen LogP contribution in [0.2, 0.25) is 0 Å². The molecule has 88 valence electrons. The first-order valence-electron chi connectivity index (χ1n) is 6.95. The van der Waals surface area contributed by atoms with Gasteiger partial charge < -0.3 is 5.32 Å². The third kappa shape index (κ3) is 2.38. The van der Waals surface area contributed by atoms with Gasteiger partial charge in [0.1, 0.15) is 0 Å². The lowest BCUT2D eigenvalue weighted by Gasteiger charge is -2.22. The summed E-state index contributed by atoms with van der Waals surface area (Å²) in [5.41, 5.74) is 0. The monoisotopic (exact) mass is 209 g/mol. The molecule has 0 spiro atoms. The molecule has 2 fully saturated rings. The highest BCUT2D eigenvalue weighted by molar-refractivity contribution is 5.06. The lowest BCUT2D eigenvalue weighted by molar-refractivity contribution is 0.342. The molecule has 1 nitrogen and oxygen atoms in total. The molecule has 2 aliphatic rings. The van der Waals surface area contributed by atoms with E-state index in [-0.39, 0.29) is 0 Å². The van der Waals surface area contributed by atoms with Crippen LogP contribution in [0.5, 0.6) is 0 Å². The van der Waals surface area contributed by atoms with E-state index in [0.717, 1.165) is 29.7 Å². The summed E-state index contributed by atoms with van der Waals surface area (Å²) < 4.78 is 0. The molecule has 0 aromatic heterocycles. The summed E-state index contributed by atoms with van der Waals surface area (Å²) in [4.78, 5) is 0. The fourth-order valence-corrected chi connectivity index (χ4v) is 3.99. The van der Waals surface area contributed by atoms with Crippen LogP contribution < -0.4 is 5.32 Å². The van der Waals surface area contributed by atoms with Crippen LogP contribution in [0.1, 0.15) is 52.4 Å². The van der Waals surface area contributed by atoms with Crippen molar-refractivity contribution >= 4 is 0 Å². The zero-order valence-corrected chi connectivity index (χ0v) is 10.6. The molecule has 1 heteroatoms. The molecular formula is C14H27N. The third-order valence-electron chi connectivity index (χ3n) is 4.75. The first-order valence-corrected chi connectivity index (χ1v) is 6.95. The molecule has 0 aromatic rings. The third-order valence-corrected chi connectivity index (χ3v) is 4.75. The minimum absolute atomic E-state index is 0.821. The van der Waals surface area contributed by atoms with Gasteiger partial charge in [0.2, 0.25) is 0 Å². The van der Waals surface area contributed by atoms with Crippen molar-refractivity contribution in [3.63, 3.8) is 0 Å². The molecule has 4 unspecified atom stereocenters. The van der Waals surface area contributed by atoms with E-state index >= 15 is 0 Å². The second kappa shape index (κ2) is 4.86. The topological polar surface area (TPSA) is 12.0 Å². The Labute approximate surface area is 95.0 Å². The number of fused-ring (bicyclic) bond motifs is 1. The minimum atomic E-state index is 0.821. The maximum Gasteiger partial charge on any atom is 0.0100 e. The second-order valence-electron chi connectivity index (χ2n) is 5.86. The molecule has 0 aromatic carbocycles. The molecule has 4 atom stereocenters. The Morgan fingerprint density at radius 1 is 1.27 bits per heavy atom. The van der Waals surface area contributed by atoms with Crippen molar-refractivity contribution < 1.29 is 0 Å². The summed E-state index contributed by atoms with van der Waals surface area (Å²) in [5.74, 6) is 4.17. The van der Waals surface area contributed by atoms with E-state index in [1.807, 2.05) is 0 Å². The average Bonchev–Trinajstić information content (AvgIpc) is 2.70. The number of hydrogen-bond donors (Lipinski definition) is 1. The van der Waals surface area contributed by atoms with Crippen molar-refractivity contribution in [1.82, 2.24) is 5.32 Å². The van der Waals surface area contributed by atoms with E-state index in [1.54, 1.807) is 0 Å². The summed E-state index contributed by atoms with van der Waals surface area (Å²) >= 11 is 0. The quantitative estimate of drug-likeness (QED) is 0.706. The van der Waals surface area contributed by atoms with Crippen molar-refractivity contribution in [2.24, 2.45) is 23.7 Å². The van der Waals surface area contributed by atoms with Crippen LogP contribution in [0.4, 0.5) is 0 Å². The van der Waals surface area contributed by atoms with Crippen LogP contribution in [-0.2, 0) is 0 Å². The zero-order valence-electron chi connectivity index (χ0n) is 10.6. The van der Waals surface area contributed by atoms with Crippen LogP contribution in [-0.4, -0.2) is 13.1 Å². The van der Waals surface area contributed by atoms with Gasteiger partial charge in [0, 0.05) is 6.04 Å². The Bertz CT molecular complexity index is 192. The van der Waals surface area contributed by atoms with Crippen LogP contribution in [0.25, 0.3) is 0 Å². The lowest BCUT2D eigenvalue weighted by atomic mass is 9.92. The van der Waals surface area contributed by atoms with Crippen molar-refractivity contribution in [3.05, 3.63) is 0 Å². The van der Waals surface area contributed by atoms with Gasteiger partial charge in [-0.15, -0.1) is 0 Å². The van der Waals surface area contributed by atoms with Gasteiger partial charge in [0.25, 0.3) is 0 Å². The van der Waals surface area contributed by atoms with E-state index in [0.29, 0.717) is 0 Å². The number of rotatable bonds is 6. The number of nitrogens with one attached hydrogen (secondary N) is 1. The molecular weight excluding hydrogens is 182 g/mol. The van der Waals surface area contributed by atoms with Gasteiger partial charge >= 0.3 is 0 Å². The van der Waals surface area contributed by atoms with Gasteiger partial charge in [0.05, 0.1) is 0 Å². The van der Waals surface area contributed by atoms with E-state index in [4.69, 9.17) is 0 Å². The SMILES string of the molecule is CCCC(C)CC(NC)C1C2CCCC21. The average molecular weight is 209 g/mol. The van der Waals surface area contributed by atoms with Gasteiger partial charge in [0.15, 0.2) is 0 Å². The molecule has 2 aliphatic carbocycles. The van der Waals surface area contributed by atoms with Gasteiger partial charge in [-0.25, -0.2) is 0 Å². The standard InChI is InChI=1S/C14H27N/c1-4-6-10(2)9-13(15-3)14-11-7-5-8-12(11)14/h10-15H,4-9H2,1-3H3.